The summed E-state index contributed by atoms with van der Waals surface area (Å²) in [6, 6.07) is 6.04. The van der Waals surface area contributed by atoms with Crippen LogP contribution in [0.3, 0.4) is 0 Å². The molecule has 2 N–H and O–H groups in total. The van der Waals surface area contributed by atoms with E-state index in [1.165, 1.54) is 0 Å². The molecule has 1 unspecified atom stereocenters. The molecule has 1 spiro atoms. The van der Waals surface area contributed by atoms with E-state index in [0.717, 1.165) is 33.9 Å². The summed E-state index contributed by atoms with van der Waals surface area (Å²) in [6.45, 7) is 2.15. The van der Waals surface area contributed by atoms with Gasteiger partial charge in [-0.3, -0.25) is 9.59 Å². The average molecular weight is 376 g/mol. The van der Waals surface area contributed by atoms with Crippen LogP contribution in [-0.4, -0.2) is 41.3 Å². The van der Waals surface area contributed by atoms with Gasteiger partial charge in [0.15, 0.2) is 0 Å². The van der Waals surface area contributed by atoms with E-state index in [1.807, 2.05) is 29.3 Å². The Morgan fingerprint density at radius 1 is 1.39 bits per heavy atom. The fraction of sp³-hybridized carbons (Fsp3) is 0.412. The summed E-state index contributed by atoms with van der Waals surface area (Å²) in [4.78, 5) is 29.3. The molecule has 1 aromatic heterocycles. The molecule has 2 amide bonds. The number of benzene rings is 1. The Balaban J connectivity index is 1.48. The van der Waals surface area contributed by atoms with Gasteiger partial charge in [0.2, 0.25) is 11.8 Å². The largest absolute Gasteiger partial charge is 0.361 e. The number of H-pyrrole nitrogens is 1. The second kappa shape index (κ2) is 5.37. The number of fused-ring (bicyclic) bond motifs is 1. The van der Waals surface area contributed by atoms with Crippen LogP contribution in [0.5, 0.6) is 0 Å². The van der Waals surface area contributed by atoms with Crippen molar-refractivity contribution in [3.8, 4) is 0 Å². The van der Waals surface area contributed by atoms with Crippen LogP contribution in [0.2, 0.25) is 0 Å². The lowest BCUT2D eigenvalue weighted by molar-refractivity contribution is -0.130. The SMILES string of the molecule is O=C1CC2(CCN(C(=O)Cc3c[nH]c4cc(Br)ccc34)C2)CN1. The highest BCUT2D eigenvalue weighted by Crippen LogP contribution is 2.36. The van der Waals surface area contributed by atoms with Crippen LogP contribution in [0.4, 0.5) is 0 Å². The molecule has 2 aromatic rings. The summed E-state index contributed by atoms with van der Waals surface area (Å²) in [7, 11) is 0. The Morgan fingerprint density at radius 3 is 3.04 bits per heavy atom. The zero-order valence-electron chi connectivity index (χ0n) is 12.7. The van der Waals surface area contributed by atoms with Crippen molar-refractivity contribution in [3.05, 3.63) is 34.4 Å². The maximum atomic E-state index is 12.6. The zero-order chi connectivity index (χ0) is 16.0. The number of nitrogens with one attached hydrogen (secondary N) is 2. The van der Waals surface area contributed by atoms with Gasteiger partial charge in [-0.2, -0.15) is 0 Å². The van der Waals surface area contributed by atoms with Gasteiger partial charge in [-0.15, -0.1) is 0 Å². The number of aromatic amines is 1. The van der Waals surface area contributed by atoms with Crippen LogP contribution in [0, 0.1) is 5.41 Å². The quantitative estimate of drug-likeness (QED) is 0.844. The van der Waals surface area contributed by atoms with Crippen molar-refractivity contribution in [2.45, 2.75) is 19.3 Å². The molecule has 0 saturated carbocycles. The molecule has 1 atom stereocenters. The van der Waals surface area contributed by atoms with Crippen LogP contribution in [0.1, 0.15) is 18.4 Å². The van der Waals surface area contributed by atoms with Crippen molar-refractivity contribution in [2.24, 2.45) is 5.41 Å². The number of hydrogen-bond donors (Lipinski definition) is 2. The van der Waals surface area contributed by atoms with Gasteiger partial charge in [-0.25, -0.2) is 0 Å². The normalized spacial score (nSPS) is 23.9. The summed E-state index contributed by atoms with van der Waals surface area (Å²) in [5, 5.41) is 3.99. The van der Waals surface area contributed by atoms with Gasteiger partial charge >= 0.3 is 0 Å². The summed E-state index contributed by atoms with van der Waals surface area (Å²) in [5.41, 5.74) is 2.03. The Bertz CT molecular complexity index is 800. The molecule has 120 valence electrons. The Kier molecular flexibility index (Phi) is 3.44. The second-order valence-corrected chi connectivity index (χ2v) is 7.62. The number of carbonyl (C=O) groups excluding carboxylic acids is 2. The van der Waals surface area contributed by atoms with Crippen LogP contribution in [0.25, 0.3) is 10.9 Å². The summed E-state index contributed by atoms with van der Waals surface area (Å²) in [5.74, 6) is 0.256. The number of hydrogen-bond acceptors (Lipinski definition) is 2. The van der Waals surface area contributed by atoms with Crippen molar-refractivity contribution in [2.75, 3.05) is 19.6 Å². The average Bonchev–Trinajstić information content (AvgIpc) is 3.20. The molecule has 0 radical (unpaired) electrons. The highest BCUT2D eigenvalue weighted by atomic mass is 79.9. The molecule has 0 bridgehead atoms. The van der Waals surface area contributed by atoms with Crippen LogP contribution in [-0.2, 0) is 16.0 Å². The van der Waals surface area contributed by atoms with Crippen LogP contribution in [0.15, 0.2) is 28.9 Å². The molecule has 5 nitrogen and oxygen atoms in total. The predicted molar refractivity (Wildman–Crippen MR) is 91.0 cm³/mol. The van der Waals surface area contributed by atoms with Crippen molar-refractivity contribution in [1.29, 1.82) is 0 Å². The number of rotatable bonds is 2. The highest BCUT2D eigenvalue weighted by Gasteiger charge is 2.44. The number of likely N-dealkylation sites (tertiary alicyclic amines) is 1. The number of amides is 2. The van der Waals surface area contributed by atoms with E-state index in [9.17, 15) is 9.59 Å². The maximum absolute atomic E-state index is 12.6. The fourth-order valence-electron chi connectivity index (χ4n) is 3.77. The summed E-state index contributed by atoms with van der Waals surface area (Å²) >= 11 is 3.46. The van der Waals surface area contributed by atoms with Crippen LogP contribution < -0.4 is 5.32 Å². The number of nitrogens with zero attached hydrogens (tertiary/aromatic N) is 1. The lowest BCUT2D eigenvalue weighted by Crippen LogP contribution is -2.34. The molecule has 23 heavy (non-hydrogen) atoms. The van der Waals surface area contributed by atoms with E-state index in [0.29, 0.717) is 25.9 Å². The predicted octanol–water partition coefficient (Wildman–Crippen LogP) is 2.21. The van der Waals surface area contributed by atoms with Gasteiger partial charge in [0.1, 0.15) is 0 Å². The number of aromatic nitrogens is 1. The van der Waals surface area contributed by atoms with Gasteiger partial charge in [0, 0.05) is 53.0 Å². The van der Waals surface area contributed by atoms with Crippen LogP contribution >= 0.6 is 15.9 Å². The minimum Gasteiger partial charge on any atom is -0.361 e. The molecular formula is C17H18BrN3O2. The topological polar surface area (TPSA) is 65.2 Å². The first-order valence-electron chi connectivity index (χ1n) is 7.85. The highest BCUT2D eigenvalue weighted by molar-refractivity contribution is 9.10. The van der Waals surface area contributed by atoms with Crippen molar-refractivity contribution in [1.82, 2.24) is 15.2 Å². The molecule has 3 heterocycles. The number of carbonyl (C=O) groups is 2. The zero-order valence-corrected chi connectivity index (χ0v) is 14.3. The molecule has 1 aromatic carbocycles. The van der Waals surface area contributed by atoms with Gasteiger partial charge < -0.3 is 15.2 Å². The smallest absolute Gasteiger partial charge is 0.227 e. The first-order valence-corrected chi connectivity index (χ1v) is 8.64. The Hall–Kier alpha value is -1.82. The maximum Gasteiger partial charge on any atom is 0.227 e. The van der Waals surface area contributed by atoms with E-state index >= 15 is 0 Å². The second-order valence-electron chi connectivity index (χ2n) is 6.70. The van der Waals surface area contributed by atoms with E-state index < -0.39 is 0 Å². The molecule has 2 aliphatic rings. The lowest BCUT2D eigenvalue weighted by atomic mass is 9.86. The Labute approximate surface area is 142 Å². The van der Waals surface area contributed by atoms with Gasteiger partial charge in [-0.05, 0) is 24.1 Å². The van der Waals surface area contributed by atoms with E-state index in [2.05, 4.69) is 26.2 Å². The fourth-order valence-corrected chi connectivity index (χ4v) is 4.13. The summed E-state index contributed by atoms with van der Waals surface area (Å²) in [6.07, 6.45) is 3.79. The number of halogens is 1. The first-order chi connectivity index (χ1) is 11.0. The van der Waals surface area contributed by atoms with Gasteiger partial charge in [0.05, 0.1) is 6.42 Å². The van der Waals surface area contributed by atoms with E-state index in [1.54, 1.807) is 0 Å². The molecule has 2 fully saturated rings. The minimum absolute atomic E-state index is 0.0299. The third-order valence-electron chi connectivity index (χ3n) is 5.06. The summed E-state index contributed by atoms with van der Waals surface area (Å²) < 4.78 is 1.02. The molecule has 2 aliphatic heterocycles. The van der Waals surface area contributed by atoms with E-state index in [-0.39, 0.29) is 17.2 Å². The van der Waals surface area contributed by atoms with Crippen molar-refractivity contribution in [3.63, 3.8) is 0 Å². The van der Waals surface area contributed by atoms with Crippen molar-refractivity contribution >= 4 is 38.6 Å². The van der Waals surface area contributed by atoms with Gasteiger partial charge in [0.25, 0.3) is 0 Å². The standard InChI is InChI=1S/C17H18BrN3O2/c18-12-1-2-13-11(8-19-14(13)6-12)5-16(23)21-4-3-17(10-21)7-15(22)20-9-17/h1-2,6,8,19H,3-5,7,9-10H2,(H,20,22). The molecule has 0 aliphatic carbocycles. The first kappa shape index (κ1) is 14.8. The van der Waals surface area contributed by atoms with Crippen molar-refractivity contribution < 1.29 is 9.59 Å². The molecule has 2 saturated heterocycles. The molecule has 6 heteroatoms. The lowest BCUT2D eigenvalue weighted by Gasteiger charge is -2.21. The van der Waals surface area contributed by atoms with E-state index in [4.69, 9.17) is 0 Å². The minimum atomic E-state index is -0.0299. The van der Waals surface area contributed by atoms with Gasteiger partial charge in [-0.1, -0.05) is 22.0 Å². The Morgan fingerprint density at radius 2 is 2.26 bits per heavy atom. The molecule has 4 rings (SSSR count). The monoisotopic (exact) mass is 375 g/mol. The molecular weight excluding hydrogens is 358 g/mol. The third kappa shape index (κ3) is 2.65. The third-order valence-corrected chi connectivity index (χ3v) is 5.55.